The molecule has 0 aliphatic heterocycles. The number of hydrogen-bond donors (Lipinski definition) is 4. The van der Waals surface area contributed by atoms with E-state index in [1.165, 1.54) is 6.07 Å². The van der Waals surface area contributed by atoms with E-state index in [0.29, 0.717) is 35.9 Å². The van der Waals surface area contributed by atoms with Crippen molar-refractivity contribution in [2.45, 2.75) is 69.6 Å². The third-order valence-electron chi connectivity index (χ3n) is 7.04. The number of aliphatic hydroxyl groups excluding tert-OH is 1. The summed E-state index contributed by atoms with van der Waals surface area (Å²) in [7, 11) is 0. The normalized spacial score (nSPS) is 24.5. The van der Waals surface area contributed by atoms with Gasteiger partial charge < -0.3 is 21.5 Å². The highest BCUT2D eigenvalue weighted by atomic mass is 35.5. The molecule has 0 unspecified atom stereocenters. The van der Waals surface area contributed by atoms with Gasteiger partial charge in [0, 0.05) is 18.5 Å². The molecular weight excluding hydrogens is 473 g/mol. The fourth-order valence-electron chi connectivity index (χ4n) is 5.29. The Kier molecular flexibility index (Phi) is 6.75. The highest BCUT2D eigenvalue weighted by Gasteiger charge is 2.29. The van der Waals surface area contributed by atoms with E-state index in [1.807, 2.05) is 4.57 Å². The Balaban J connectivity index is 1.49. The lowest BCUT2D eigenvalue weighted by Crippen LogP contribution is -2.23. The van der Waals surface area contributed by atoms with Crippen LogP contribution in [0.4, 0.5) is 22.0 Å². The Morgan fingerprint density at radius 2 is 2.00 bits per heavy atom. The number of hydrogen-bond acceptors (Lipinski definition) is 7. The van der Waals surface area contributed by atoms with Gasteiger partial charge >= 0.3 is 0 Å². The maximum atomic E-state index is 14.6. The zero-order chi connectivity index (χ0) is 24.5. The zero-order valence-corrected chi connectivity index (χ0v) is 20.0. The summed E-state index contributed by atoms with van der Waals surface area (Å²) < 4.78 is 16.6. The van der Waals surface area contributed by atoms with Crippen LogP contribution in [-0.2, 0) is 4.79 Å². The second kappa shape index (κ2) is 9.94. The minimum absolute atomic E-state index is 0.0493. The van der Waals surface area contributed by atoms with E-state index in [9.17, 15) is 14.3 Å². The summed E-state index contributed by atoms with van der Waals surface area (Å²) in [6, 6.07) is 4.67. The van der Waals surface area contributed by atoms with Gasteiger partial charge in [-0.05, 0) is 63.0 Å². The van der Waals surface area contributed by atoms with Crippen molar-refractivity contribution in [2.75, 3.05) is 10.6 Å². The monoisotopic (exact) mass is 501 g/mol. The Hall–Kier alpha value is -2.98. The topological polar surface area (TPSA) is 131 Å². The molecule has 1 amide bonds. The Bertz CT molecular complexity index is 1210. The van der Waals surface area contributed by atoms with Crippen LogP contribution in [0.15, 0.2) is 24.4 Å². The molecule has 2 saturated carbocycles. The zero-order valence-electron chi connectivity index (χ0n) is 19.3. The van der Waals surface area contributed by atoms with Gasteiger partial charge in [0.25, 0.3) is 0 Å². The molecule has 5 rings (SSSR count). The number of amides is 1. The van der Waals surface area contributed by atoms with Crippen LogP contribution < -0.4 is 16.4 Å². The van der Waals surface area contributed by atoms with E-state index < -0.39 is 5.82 Å². The maximum absolute atomic E-state index is 14.6. The van der Waals surface area contributed by atoms with Gasteiger partial charge in [0.05, 0.1) is 23.0 Å². The number of nitrogens with zero attached hydrogens (tertiary/aromatic N) is 4. The summed E-state index contributed by atoms with van der Waals surface area (Å²) in [6.45, 7) is 0. The first-order chi connectivity index (χ1) is 16.9. The fourth-order valence-corrected chi connectivity index (χ4v) is 5.50. The molecule has 2 aliphatic carbocycles. The van der Waals surface area contributed by atoms with Crippen molar-refractivity contribution in [1.82, 2.24) is 19.5 Å². The minimum Gasteiger partial charge on any atom is -0.393 e. The van der Waals surface area contributed by atoms with Crippen molar-refractivity contribution in [1.29, 1.82) is 0 Å². The summed E-state index contributed by atoms with van der Waals surface area (Å²) in [6.07, 6.45) is 7.31. The number of aliphatic hydroxyl groups is 1. The number of para-hydroxylation sites is 1. The van der Waals surface area contributed by atoms with Crippen molar-refractivity contribution in [3.05, 3.63) is 35.2 Å². The molecule has 0 saturated heterocycles. The molecule has 9 nitrogen and oxygen atoms in total. The van der Waals surface area contributed by atoms with Gasteiger partial charge in [-0.2, -0.15) is 4.98 Å². The number of imidazole rings is 1. The third-order valence-corrected chi connectivity index (χ3v) is 7.36. The Labute approximate surface area is 207 Å². The molecule has 2 atom stereocenters. The summed E-state index contributed by atoms with van der Waals surface area (Å²) in [4.78, 5) is 25.3. The highest BCUT2D eigenvalue weighted by molar-refractivity contribution is 6.33. The molecule has 1 aromatic carbocycles. The second-order valence-corrected chi connectivity index (χ2v) is 9.99. The number of anilines is 3. The van der Waals surface area contributed by atoms with Crippen LogP contribution in [0.25, 0.3) is 11.2 Å². The molecule has 11 heteroatoms. The number of fused-ring (bicyclic) bond motifs is 1. The molecule has 35 heavy (non-hydrogen) atoms. The van der Waals surface area contributed by atoms with Crippen molar-refractivity contribution < 1.29 is 14.3 Å². The summed E-state index contributed by atoms with van der Waals surface area (Å²) >= 11 is 6.27. The first-order valence-electron chi connectivity index (χ1n) is 12.1. The number of nitrogens with two attached hydrogens (primary N) is 1. The number of halogens is 2. The first kappa shape index (κ1) is 23.7. The number of carbonyl (C=O) groups excluding carboxylic acids is 1. The predicted molar refractivity (Wildman–Crippen MR) is 132 cm³/mol. The van der Waals surface area contributed by atoms with Gasteiger partial charge in [0.1, 0.15) is 11.3 Å². The van der Waals surface area contributed by atoms with Gasteiger partial charge in [-0.15, -0.1) is 0 Å². The lowest BCUT2D eigenvalue weighted by molar-refractivity contribution is -0.119. The smallest absolute Gasteiger partial charge is 0.224 e. The van der Waals surface area contributed by atoms with Crippen LogP contribution in [0, 0.1) is 11.7 Å². The predicted octanol–water partition coefficient (Wildman–Crippen LogP) is 4.29. The van der Waals surface area contributed by atoms with E-state index in [-0.39, 0.29) is 40.7 Å². The van der Waals surface area contributed by atoms with Gasteiger partial charge in [-0.1, -0.05) is 17.7 Å². The van der Waals surface area contributed by atoms with Crippen LogP contribution in [0.1, 0.15) is 57.4 Å². The van der Waals surface area contributed by atoms with Crippen molar-refractivity contribution >= 4 is 46.3 Å². The molecule has 0 radical (unpaired) electrons. The van der Waals surface area contributed by atoms with Crippen LogP contribution in [0.3, 0.4) is 0 Å². The van der Waals surface area contributed by atoms with Crippen LogP contribution >= 0.6 is 11.6 Å². The highest BCUT2D eigenvalue weighted by Crippen LogP contribution is 2.39. The molecule has 0 bridgehead atoms. The molecule has 0 spiro atoms. The lowest BCUT2D eigenvalue weighted by atomic mass is 9.84. The van der Waals surface area contributed by atoms with Crippen molar-refractivity contribution in [2.24, 2.45) is 11.7 Å². The van der Waals surface area contributed by atoms with E-state index >= 15 is 0 Å². The van der Waals surface area contributed by atoms with Crippen molar-refractivity contribution in [3.63, 3.8) is 0 Å². The van der Waals surface area contributed by atoms with Gasteiger partial charge in [0.2, 0.25) is 17.8 Å². The molecule has 5 N–H and O–H groups in total. The van der Waals surface area contributed by atoms with E-state index in [1.54, 1.807) is 18.3 Å². The molecule has 2 aliphatic rings. The largest absolute Gasteiger partial charge is 0.393 e. The van der Waals surface area contributed by atoms with Crippen LogP contribution in [0.2, 0.25) is 5.02 Å². The van der Waals surface area contributed by atoms with Gasteiger partial charge in [-0.3, -0.25) is 9.36 Å². The van der Waals surface area contributed by atoms with E-state index in [4.69, 9.17) is 22.3 Å². The maximum Gasteiger partial charge on any atom is 0.224 e. The minimum atomic E-state index is -0.477. The average Bonchev–Trinajstić information content (AvgIpc) is 3.39. The fraction of sp³-hybridized carbons (Fsp3) is 0.500. The van der Waals surface area contributed by atoms with E-state index in [0.717, 1.165) is 38.5 Å². The van der Waals surface area contributed by atoms with Crippen LogP contribution in [-0.4, -0.2) is 42.7 Å². The molecule has 3 aromatic rings. The number of benzene rings is 1. The number of nitrogens with one attached hydrogen (secondary N) is 2. The lowest BCUT2D eigenvalue weighted by Gasteiger charge is -2.30. The van der Waals surface area contributed by atoms with E-state index in [2.05, 4.69) is 20.6 Å². The van der Waals surface area contributed by atoms with Gasteiger partial charge in [0.15, 0.2) is 5.65 Å². The molecule has 2 fully saturated rings. The standard InChI is InChI=1S/C24H29ClFN7O2/c25-17-2-1-3-18(26)21(17)31-24-30-19-12-28-23(29-14-6-9-16(34)11-14)32-22(19)33(24)15-7-4-13(5-8-15)10-20(27)35/h1-3,12-16,34H,4-11H2,(H2,27,35)(H,30,31)(H,28,29,32)/t13?,14-,15?,16-/m0/s1. The molecule has 186 valence electrons. The number of primary amides is 1. The number of carbonyl (C=O) groups is 1. The van der Waals surface area contributed by atoms with Crippen molar-refractivity contribution in [3.8, 4) is 0 Å². The SMILES string of the molecule is NC(=O)CC1CCC(n2c(Nc3c(F)cccc3Cl)nc3cnc(N[C@H]4CC[C@H](O)C4)nc32)CC1. The summed E-state index contributed by atoms with van der Waals surface area (Å²) in [5.41, 5.74) is 6.77. The molecular formula is C24H29ClFN7O2. The Morgan fingerprint density at radius 3 is 2.69 bits per heavy atom. The number of rotatable bonds is 7. The number of aromatic nitrogens is 4. The molecule has 2 heterocycles. The summed E-state index contributed by atoms with van der Waals surface area (Å²) in [5.74, 6) is 0.411. The summed E-state index contributed by atoms with van der Waals surface area (Å²) in [5, 5.41) is 16.5. The van der Waals surface area contributed by atoms with Crippen LogP contribution in [0.5, 0.6) is 0 Å². The second-order valence-electron chi connectivity index (χ2n) is 9.58. The quantitative estimate of drug-likeness (QED) is 0.379. The first-order valence-corrected chi connectivity index (χ1v) is 12.4. The van der Waals surface area contributed by atoms with Gasteiger partial charge in [-0.25, -0.2) is 14.4 Å². The third kappa shape index (κ3) is 5.18. The average molecular weight is 502 g/mol. The Morgan fingerprint density at radius 1 is 1.20 bits per heavy atom. The molecule has 2 aromatic heterocycles.